The summed E-state index contributed by atoms with van der Waals surface area (Å²) in [7, 11) is 0. The zero-order chi connectivity index (χ0) is 15.3. The van der Waals surface area contributed by atoms with E-state index >= 15 is 0 Å². The molecule has 0 bridgehead atoms. The molecule has 4 rings (SSSR count). The van der Waals surface area contributed by atoms with Crippen LogP contribution in [0.2, 0.25) is 0 Å². The summed E-state index contributed by atoms with van der Waals surface area (Å²) in [4.78, 5) is 3.49. The molecule has 0 amide bonds. The molecule has 0 fully saturated rings. The fourth-order valence-corrected chi connectivity index (χ4v) is 4.03. The lowest BCUT2D eigenvalue weighted by Crippen LogP contribution is -2.30. The Hall–Kier alpha value is -2.58. The Morgan fingerprint density at radius 3 is 2.64 bits per heavy atom. The molecule has 0 spiro atoms. The largest absolute Gasteiger partial charge is 0.504 e. The quantitative estimate of drug-likeness (QED) is 0.444. The Balaban J connectivity index is 1.96. The number of hydrogen-bond acceptors (Lipinski definition) is 2. The van der Waals surface area contributed by atoms with Gasteiger partial charge in [0.15, 0.2) is 11.5 Å². The van der Waals surface area contributed by atoms with Crippen LogP contribution in [0.15, 0.2) is 36.4 Å². The van der Waals surface area contributed by atoms with E-state index in [0.29, 0.717) is 5.92 Å². The van der Waals surface area contributed by atoms with E-state index in [1.807, 2.05) is 18.2 Å². The van der Waals surface area contributed by atoms with Crippen molar-refractivity contribution in [3.05, 3.63) is 64.2 Å². The highest BCUT2D eigenvalue weighted by Crippen LogP contribution is 2.48. The van der Waals surface area contributed by atoms with Gasteiger partial charge in [0.2, 0.25) is 0 Å². The van der Waals surface area contributed by atoms with Crippen molar-refractivity contribution in [2.45, 2.75) is 25.2 Å². The van der Waals surface area contributed by atoms with E-state index in [1.165, 1.54) is 0 Å². The highest BCUT2D eigenvalue weighted by atomic mass is 16.3. The topological polar surface area (TPSA) is 76.9 Å². The fourth-order valence-electron chi connectivity index (χ4n) is 4.03. The SMILES string of the molecule is [N-]=[N+]=C1C[C@@H]2CCc3cc(O)c(O)cc3[C@H]2c2ccccc21. The standard InChI is InChI=1S/C18H16N2O2/c19-20-15-7-11-6-5-10-8-16(21)17(22)9-14(10)18(11)13-4-2-1-3-12(13)15/h1-4,8-9,11,18,21-22H,5-7H2/t11-,18+/m0/s1. The average molecular weight is 292 g/mol. The third-order valence-corrected chi connectivity index (χ3v) is 5.01. The summed E-state index contributed by atoms with van der Waals surface area (Å²) in [6.45, 7) is 0. The summed E-state index contributed by atoms with van der Waals surface area (Å²) >= 11 is 0. The Kier molecular flexibility index (Phi) is 2.81. The van der Waals surface area contributed by atoms with Crippen LogP contribution in [0.25, 0.3) is 5.53 Å². The molecule has 22 heavy (non-hydrogen) atoms. The summed E-state index contributed by atoms with van der Waals surface area (Å²) in [5.74, 6) is 0.409. The van der Waals surface area contributed by atoms with Gasteiger partial charge in [-0.2, -0.15) is 4.79 Å². The number of fused-ring (bicyclic) bond motifs is 5. The van der Waals surface area contributed by atoms with Crippen molar-refractivity contribution in [3.8, 4) is 11.5 Å². The van der Waals surface area contributed by atoms with Gasteiger partial charge in [0.1, 0.15) is 0 Å². The third-order valence-electron chi connectivity index (χ3n) is 5.01. The van der Waals surface area contributed by atoms with Crippen molar-refractivity contribution in [3.63, 3.8) is 0 Å². The first kappa shape index (κ1) is 13.1. The summed E-state index contributed by atoms with van der Waals surface area (Å²) < 4.78 is 0. The highest BCUT2D eigenvalue weighted by molar-refractivity contribution is 5.99. The van der Waals surface area contributed by atoms with E-state index in [0.717, 1.165) is 47.2 Å². The van der Waals surface area contributed by atoms with Crippen molar-refractivity contribution in [2.24, 2.45) is 5.92 Å². The minimum atomic E-state index is -0.0708. The van der Waals surface area contributed by atoms with Gasteiger partial charge in [-0.25, -0.2) is 0 Å². The normalized spacial score (nSPS) is 22.3. The number of aromatic hydroxyl groups is 2. The maximum absolute atomic E-state index is 9.90. The molecule has 4 nitrogen and oxygen atoms in total. The Morgan fingerprint density at radius 2 is 1.82 bits per heavy atom. The van der Waals surface area contributed by atoms with Crippen molar-refractivity contribution < 1.29 is 15.0 Å². The molecule has 0 saturated carbocycles. The second kappa shape index (κ2) is 4.72. The van der Waals surface area contributed by atoms with Gasteiger partial charge >= 0.3 is 0 Å². The first-order valence-corrected chi connectivity index (χ1v) is 7.54. The summed E-state index contributed by atoms with van der Waals surface area (Å²) in [5, 5.41) is 19.6. The second-order valence-corrected chi connectivity index (χ2v) is 6.15. The maximum atomic E-state index is 9.90. The Bertz CT molecular complexity index is 822. The van der Waals surface area contributed by atoms with Gasteiger partial charge in [-0.3, -0.25) is 0 Å². The number of aryl methyl sites for hydroxylation is 1. The van der Waals surface area contributed by atoms with Crippen LogP contribution in [0.3, 0.4) is 0 Å². The van der Waals surface area contributed by atoms with Crippen LogP contribution in [-0.4, -0.2) is 20.7 Å². The van der Waals surface area contributed by atoms with Gasteiger partial charge < -0.3 is 15.7 Å². The molecule has 0 heterocycles. The predicted molar refractivity (Wildman–Crippen MR) is 82.2 cm³/mol. The summed E-state index contributed by atoms with van der Waals surface area (Å²) in [6, 6.07) is 11.4. The predicted octanol–water partition coefficient (Wildman–Crippen LogP) is 3.21. The van der Waals surface area contributed by atoms with Crippen molar-refractivity contribution in [2.75, 3.05) is 0 Å². The van der Waals surface area contributed by atoms with Crippen LogP contribution in [0.5, 0.6) is 11.5 Å². The first-order chi connectivity index (χ1) is 10.7. The van der Waals surface area contributed by atoms with Crippen molar-refractivity contribution in [1.82, 2.24) is 0 Å². The molecule has 4 heteroatoms. The summed E-state index contributed by atoms with van der Waals surface area (Å²) in [5.41, 5.74) is 14.3. The zero-order valence-corrected chi connectivity index (χ0v) is 12.0. The van der Waals surface area contributed by atoms with Crippen LogP contribution in [0, 0.1) is 5.92 Å². The van der Waals surface area contributed by atoms with Gasteiger partial charge in [-0.1, -0.05) is 18.2 Å². The van der Waals surface area contributed by atoms with E-state index in [4.69, 9.17) is 0 Å². The zero-order valence-electron chi connectivity index (χ0n) is 12.0. The number of phenolic OH excluding ortho intramolecular Hbond substituents is 2. The number of rotatable bonds is 0. The Labute approximate surface area is 128 Å². The van der Waals surface area contributed by atoms with Gasteiger partial charge in [0.25, 0.3) is 5.71 Å². The third kappa shape index (κ3) is 1.78. The molecule has 2 aromatic carbocycles. The first-order valence-electron chi connectivity index (χ1n) is 7.54. The number of phenols is 2. The molecule has 2 aromatic rings. The molecule has 2 atom stereocenters. The molecule has 2 aliphatic carbocycles. The van der Waals surface area contributed by atoms with Gasteiger partial charge in [0, 0.05) is 5.92 Å². The molecule has 2 N–H and O–H groups in total. The van der Waals surface area contributed by atoms with E-state index in [2.05, 4.69) is 10.9 Å². The average Bonchev–Trinajstić information content (AvgIpc) is 2.55. The van der Waals surface area contributed by atoms with E-state index in [-0.39, 0.29) is 17.4 Å². The molecule has 0 radical (unpaired) electrons. The second-order valence-electron chi connectivity index (χ2n) is 6.15. The Morgan fingerprint density at radius 1 is 1.05 bits per heavy atom. The molecular weight excluding hydrogens is 276 g/mol. The van der Waals surface area contributed by atoms with Gasteiger partial charge in [0.05, 0.1) is 12.0 Å². The minimum Gasteiger partial charge on any atom is -0.504 e. The monoisotopic (exact) mass is 292 g/mol. The fraction of sp³-hybridized carbons (Fsp3) is 0.278. The molecule has 0 saturated heterocycles. The van der Waals surface area contributed by atoms with Crippen LogP contribution >= 0.6 is 0 Å². The highest BCUT2D eigenvalue weighted by Gasteiger charge is 2.40. The molecule has 0 aromatic heterocycles. The van der Waals surface area contributed by atoms with E-state index in [1.54, 1.807) is 12.1 Å². The van der Waals surface area contributed by atoms with Crippen LogP contribution in [-0.2, 0) is 6.42 Å². The van der Waals surface area contributed by atoms with E-state index < -0.39 is 0 Å². The molecular formula is C18H16N2O2. The van der Waals surface area contributed by atoms with Gasteiger partial charge in [-0.05, 0) is 53.6 Å². The lowest BCUT2D eigenvalue weighted by Gasteiger charge is -2.37. The smallest absolute Gasteiger partial charge is 0.299 e. The molecule has 0 aliphatic heterocycles. The minimum absolute atomic E-state index is 0.0566. The maximum Gasteiger partial charge on any atom is 0.299 e. The molecule has 2 aliphatic rings. The van der Waals surface area contributed by atoms with Crippen LogP contribution in [0.1, 0.15) is 41.0 Å². The lowest BCUT2D eigenvalue weighted by molar-refractivity contribution is -0.00958. The number of hydrogen-bond donors (Lipinski definition) is 2. The molecule has 0 unspecified atom stereocenters. The van der Waals surface area contributed by atoms with E-state index in [9.17, 15) is 15.7 Å². The van der Waals surface area contributed by atoms with Crippen LogP contribution in [0.4, 0.5) is 0 Å². The van der Waals surface area contributed by atoms with Crippen molar-refractivity contribution in [1.29, 1.82) is 0 Å². The van der Waals surface area contributed by atoms with Gasteiger partial charge in [-0.15, -0.1) is 0 Å². The van der Waals surface area contributed by atoms with Crippen molar-refractivity contribution >= 4 is 5.71 Å². The lowest BCUT2D eigenvalue weighted by atomic mass is 9.65. The molecule has 110 valence electrons. The van der Waals surface area contributed by atoms with Crippen LogP contribution < -0.4 is 0 Å². The number of benzene rings is 2. The summed E-state index contributed by atoms with van der Waals surface area (Å²) in [6.07, 6.45) is 2.58. The number of nitrogens with zero attached hydrogens (tertiary/aromatic N) is 2.